The Morgan fingerprint density at radius 2 is 2.09 bits per heavy atom. The molecule has 116 valence electrons. The van der Waals surface area contributed by atoms with Crippen molar-refractivity contribution < 1.29 is 14.6 Å². The van der Waals surface area contributed by atoms with Gasteiger partial charge in [0.05, 0.1) is 12.4 Å². The van der Waals surface area contributed by atoms with Gasteiger partial charge in [0.25, 0.3) is 0 Å². The number of aliphatic hydroxyl groups is 1. The summed E-state index contributed by atoms with van der Waals surface area (Å²) < 4.78 is 5.01. The third-order valence-electron chi connectivity index (χ3n) is 3.33. The minimum Gasteiger partial charge on any atom is -0.512 e. The maximum atomic E-state index is 12.0. The lowest BCUT2D eigenvalue weighted by molar-refractivity contribution is 0.0530. The van der Waals surface area contributed by atoms with Crippen LogP contribution in [0.1, 0.15) is 36.7 Å². The van der Waals surface area contributed by atoms with E-state index in [9.17, 15) is 9.90 Å². The average Bonchev–Trinajstić information content (AvgIpc) is 2.73. The molecule has 2 rings (SSSR count). The van der Waals surface area contributed by atoms with Gasteiger partial charge < -0.3 is 26.0 Å². The summed E-state index contributed by atoms with van der Waals surface area (Å²) >= 11 is 0. The highest BCUT2D eigenvalue weighted by Crippen LogP contribution is 2.29. The highest BCUT2D eigenvalue weighted by Gasteiger charge is 2.19. The van der Waals surface area contributed by atoms with Crippen LogP contribution >= 0.6 is 0 Å². The topological polar surface area (TPSA) is 112 Å². The summed E-state index contributed by atoms with van der Waals surface area (Å²) in [5.41, 5.74) is 8.21. The minimum atomic E-state index is -0.476. The number of aromatic nitrogens is 1. The number of fused-ring (bicyclic) bond motifs is 1. The Kier molecular flexibility index (Phi) is 4.21. The number of esters is 1. The summed E-state index contributed by atoms with van der Waals surface area (Å²) in [7, 11) is 0. The zero-order chi connectivity index (χ0) is 16.4. The van der Waals surface area contributed by atoms with Crippen molar-refractivity contribution in [2.24, 2.45) is 0 Å². The number of benzene rings is 1. The number of carbonyl (C=O) groups is 1. The van der Waals surface area contributed by atoms with Gasteiger partial charge in [0, 0.05) is 22.2 Å². The normalized spacial score (nSPS) is 12.1. The van der Waals surface area contributed by atoms with Gasteiger partial charge in [-0.25, -0.2) is 4.79 Å². The van der Waals surface area contributed by atoms with Gasteiger partial charge in [-0.05, 0) is 32.4 Å². The van der Waals surface area contributed by atoms with Crippen molar-refractivity contribution in [3.05, 3.63) is 35.1 Å². The first kappa shape index (κ1) is 15.6. The van der Waals surface area contributed by atoms with Crippen LogP contribution < -0.4 is 5.73 Å². The number of nitrogen functional groups attached to an aromatic ring is 1. The van der Waals surface area contributed by atoms with E-state index in [4.69, 9.17) is 15.9 Å². The van der Waals surface area contributed by atoms with Gasteiger partial charge in [0.15, 0.2) is 0 Å². The van der Waals surface area contributed by atoms with Crippen LogP contribution in [0.3, 0.4) is 0 Å². The van der Waals surface area contributed by atoms with Gasteiger partial charge in [-0.2, -0.15) is 0 Å². The molecule has 0 aliphatic carbocycles. The molecule has 0 saturated carbocycles. The maximum absolute atomic E-state index is 12.0. The third kappa shape index (κ3) is 2.67. The van der Waals surface area contributed by atoms with Crippen LogP contribution in [0, 0.1) is 5.41 Å². The first-order valence-electron chi connectivity index (χ1n) is 6.90. The van der Waals surface area contributed by atoms with Gasteiger partial charge in [0.2, 0.25) is 0 Å². The van der Waals surface area contributed by atoms with Gasteiger partial charge in [-0.1, -0.05) is 12.1 Å². The van der Waals surface area contributed by atoms with E-state index in [1.54, 1.807) is 32.0 Å². The van der Waals surface area contributed by atoms with E-state index in [1.165, 1.54) is 6.92 Å². The molecular weight excluding hydrogens is 282 g/mol. The molecule has 0 bridgehead atoms. The fourth-order valence-corrected chi connectivity index (χ4v) is 2.49. The smallest absolute Gasteiger partial charge is 0.342 e. The number of ether oxygens (including phenoxy) is 1. The first-order valence-corrected chi connectivity index (χ1v) is 6.90. The van der Waals surface area contributed by atoms with E-state index in [2.05, 4.69) is 4.98 Å². The molecule has 0 saturated heterocycles. The molecule has 1 heterocycles. The van der Waals surface area contributed by atoms with Crippen LogP contribution in [-0.2, 0) is 4.74 Å². The fraction of sp³-hybridized carbons (Fsp3) is 0.250. The van der Waals surface area contributed by atoms with Gasteiger partial charge >= 0.3 is 5.97 Å². The number of carbonyl (C=O) groups excluding carboxylic acids is 1. The lowest BCUT2D eigenvalue weighted by Gasteiger charge is -2.08. The monoisotopic (exact) mass is 301 g/mol. The average molecular weight is 301 g/mol. The lowest BCUT2D eigenvalue weighted by atomic mass is 9.99. The highest BCUT2D eigenvalue weighted by atomic mass is 16.5. The van der Waals surface area contributed by atoms with E-state index in [1.807, 2.05) is 0 Å². The van der Waals surface area contributed by atoms with E-state index in [-0.39, 0.29) is 23.9 Å². The molecule has 0 atom stereocenters. The zero-order valence-corrected chi connectivity index (χ0v) is 12.8. The molecule has 0 fully saturated rings. The molecule has 22 heavy (non-hydrogen) atoms. The molecule has 1 aromatic carbocycles. The number of aromatic amines is 1. The third-order valence-corrected chi connectivity index (χ3v) is 3.33. The Labute approximate surface area is 128 Å². The maximum Gasteiger partial charge on any atom is 0.342 e. The standard InChI is InChI=1S/C16H19N3O3/c1-4-22-16(21)14-11-6-5-10(7-12(11)19-15(14)18)13(8(2)17)9(3)20/h5-7,17,19-20H,4,18H2,1-3H3/b13-9+,17-8?. The summed E-state index contributed by atoms with van der Waals surface area (Å²) in [6, 6.07) is 5.22. The van der Waals surface area contributed by atoms with Gasteiger partial charge in [0.1, 0.15) is 11.4 Å². The van der Waals surface area contributed by atoms with Crippen LogP contribution in [0.4, 0.5) is 5.82 Å². The second-order valence-electron chi connectivity index (χ2n) is 4.98. The lowest BCUT2D eigenvalue weighted by Crippen LogP contribution is -2.06. The molecule has 0 spiro atoms. The number of hydrogen-bond donors (Lipinski definition) is 4. The molecule has 0 aliphatic heterocycles. The largest absolute Gasteiger partial charge is 0.512 e. The minimum absolute atomic E-state index is 0.0667. The Bertz CT molecular complexity index is 783. The molecule has 0 radical (unpaired) electrons. The summed E-state index contributed by atoms with van der Waals surface area (Å²) in [5, 5.41) is 18.2. The van der Waals surface area contributed by atoms with Crippen LogP contribution in [0.15, 0.2) is 24.0 Å². The predicted octanol–water partition coefficient (Wildman–Crippen LogP) is 3.26. The van der Waals surface area contributed by atoms with E-state index in [0.717, 1.165) is 0 Å². The number of rotatable bonds is 4. The number of aliphatic hydroxyl groups excluding tert-OH is 1. The van der Waals surface area contributed by atoms with Crippen molar-refractivity contribution in [2.45, 2.75) is 20.8 Å². The number of anilines is 1. The summed E-state index contributed by atoms with van der Waals surface area (Å²) in [4.78, 5) is 14.9. The highest BCUT2D eigenvalue weighted by molar-refractivity contribution is 6.22. The van der Waals surface area contributed by atoms with Crippen molar-refractivity contribution in [2.75, 3.05) is 12.3 Å². The molecule has 6 nitrogen and oxygen atoms in total. The van der Waals surface area contributed by atoms with Crippen molar-refractivity contribution >= 4 is 34.0 Å². The zero-order valence-electron chi connectivity index (χ0n) is 12.8. The number of hydrogen-bond acceptors (Lipinski definition) is 5. The number of nitrogens with two attached hydrogens (primary N) is 1. The molecule has 0 amide bonds. The quantitative estimate of drug-likeness (QED) is 0.394. The Hall–Kier alpha value is -2.76. The van der Waals surface area contributed by atoms with Gasteiger partial charge in [-0.15, -0.1) is 0 Å². The second-order valence-corrected chi connectivity index (χ2v) is 4.98. The molecule has 5 N–H and O–H groups in total. The summed E-state index contributed by atoms with van der Waals surface area (Å²) in [6.45, 7) is 5.14. The van der Waals surface area contributed by atoms with Crippen molar-refractivity contribution in [1.82, 2.24) is 4.98 Å². The van der Waals surface area contributed by atoms with E-state index >= 15 is 0 Å². The Morgan fingerprint density at radius 1 is 1.41 bits per heavy atom. The number of allylic oxidation sites excluding steroid dienone is 2. The fourth-order valence-electron chi connectivity index (χ4n) is 2.49. The van der Waals surface area contributed by atoms with E-state index < -0.39 is 5.97 Å². The Balaban J connectivity index is 2.61. The van der Waals surface area contributed by atoms with Crippen LogP contribution in [-0.4, -0.2) is 28.4 Å². The molecular formula is C16H19N3O3. The molecule has 0 unspecified atom stereocenters. The molecule has 6 heteroatoms. The Morgan fingerprint density at radius 3 is 2.64 bits per heavy atom. The second kappa shape index (κ2) is 5.93. The SMILES string of the molecule is CCOC(=O)c1c(N)[nH]c2cc(/C(C(C)=N)=C(\C)O)ccc12. The van der Waals surface area contributed by atoms with Crippen molar-refractivity contribution in [3.8, 4) is 0 Å². The predicted molar refractivity (Wildman–Crippen MR) is 87.3 cm³/mol. The van der Waals surface area contributed by atoms with Crippen molar-refractivity contribution in [1.29, 1.82) is 5.41 Å². The summed E-state index contributed by atoms with van der Waals surface area (Å²) in [5.74, 6) is -0.170. The van der Waals surface area contributed by atoms with Gasteiger partial charge in [-0.3, -0.25) is 0 Å². The molecule has 1 aromatic heterocycles. The summed E-state index contributed by atoms with van der Waals surface area (Å²) in [6.07, 6.45) is 0. The number of H-pyrrole nitrogens is 1. The van der Waals surface area contributed by atoms with Crippen LogP contribution in [0.2, 0.25) is 0 Å². The number of nitrogens with one attached hydrogen (secondary N) is 2. The van der Waals surface area contributed by atoms with Crippen LogP contribution in [0.25, 0.3) is 16.5 Å². The first-order chi connectivity index (χ1) is 10.4. The van der Waals surface area contributed by atoms with Crippen LogP contribution in [0.5, 0.6) is 0 Å². The molecule has 2 aromatic rings. The van der Waals surface area contributed by atoms with Crippen molar-refractivity contribution in [3.63, 3.8) is 0 Å². The van der Waals surface area contributed by atoms with E-state index in [0.29, 0.717) is 27.6 Å². The molecule has 0 aliphatic rings.